The number of aromatic nitrogens is 2. The van der Waals surface area contributed by atoms with E-state index in [9.17, 15) is 17.2 Å². The molecule has 9 nitrogen and oxygen atoms in total. The van der Waals surface area contributed by atoms with Crippen LogP contribution >= 0.6 is 15.9 Å². The van der Waals surface area contributed by atoms with Gasteiger partial charge in [-0.2, -0.15) is 0 Å². The summed E-state index contributed by atoms with van der Waals surface area (Å²) >= 11 is 3.43. The molecule has 4 aromatic carbocycles. The monoisotopic (exact) mass is 989 g/mol. The Bertz CT molecular complexity index is 2780. The van der Waals surface area contributed by atoms with E-state index in [0.717, 1.165) is 67.4 Å². The third-order valence-corrected chi connectivity index (χ3v) is 13.8. The second-order valence-corrected chi connectivity index (χ2v) is 20.4. The summed E-state index contributed by atoms with van der Waals surface area (Å²) in [5, 5.41) is 3.47. The second-order valence-electron chi connectivity index (χ2n) is 17.0. The van der Waals surface area contributed by atoms with Crippen LogP contribution in [0.3, 0.4) is 0 Å². The van der Waals surface area contributed by atoms with Crippen molar-refractivity contribution in [1.82, 2.24) is 15.3 Å². The Kier molecular flexibility index (Phi) is 19.3. The van der Waals surface area contributed by atoms with Crippen molar-refractivity contribution >= 4 is 49.7 Å². The van der Waals surface area contributed by atoms with Gasteiger partial charge in [-0.3, -0.25) is 9.97 Å². The molecule has 2 aromatic heterocycles. The molecule has 67 heavy (non-hydrogen) atoms. The number of benzene rings is 4. The van der Waals surface area contributed by atoms with E-state index in [1.165, 1.54) is 24.3 Å². The van der Waals surface area contributed by atoms with Crippen molar-refractivity contribution in [2.45, 2.75) is 92.4 Å². The third-order valence-electron chi connectivity index (χ3n) is 11.7. The van der Waals surface area contributed by atoms with E-state index in [1.807, 2.05) is 102 Å². The minimum absolute atomic E-state index is 0. The van der Waals surface area contributed by atoms with Crippen LogP contribution in [-0.2, 0) is 19.1 Å². The lowest BCUT2D eigenvalue weighted by Crippen LogP contribution is -2.41. The van der Waals surface area contributed by atoms with Crippen molar-refractivity contribution in [3.8, 4) is 11.1 Å². The Labute approximate surface area is 405 Å². The molecule has 0 spiro atoms. The summed E-state index contributed by atoms with van der Waals surface area (Å²) in [6, 6.07) is 27.7. The van der Waals surface area contributed by atoms with Gasteiger partial charge in [0.25, 0.3) is 0 Å². The third kappa shape index (κ3) is 14.4. The van der Waals surface area contributed by atoms with E-state index < -0.39 is 15.8 Å². The maximum absolute atomic E-state index is 13.4. The van der Waals surface area contributed by atoms with Crippen LogP contribution in [0.1, 0.15) is 101 Å². The zero-order valence-electron chi connectivity index (χ0n) is 38.6. The predicted molar refractivity (Wildman–Crippen MR) is 272 cm³/mol. The average Bonchev–Trinajstić information content (AvgIpc) is 3.52. The van der Waals surface area contributed by atoms with Gasteiger partial charge in [0.15, 0.2) is 21.2 Å². The smallest absolute Gasteiger partial charge is 0.399 e. The van der Waals surface area contributed by atoms with E-state index in [4.69, 9.17) is 22.5 Å². The minimum Gasteiger partial charge on any atom is -0.399 e. The summed E-state index contributed by atoms with van der Waals surface area (Å²) in [6.07, 6.45) is 8.00. The molecule has 1 aliphatic rings. The molecule has 1 N–H and O–H groups in total. The number of pyridine rings is 2. The molecule has 350 valence electrons. The minimum atomic E-state index is -3.27. The number of halogens is 3. The van der Waals surface area contributed by atoms with Crippen LogP contribution in [0, 0.1) is 38.6 Å². The van der Waals surface area contributed by atoms with Crippen molar-refractivity contribution < 1.29 is 26.5 Å². The van der Waals surface area contributed by atoms with Gasteiger partial charge in [0.1, 0.15) is 11.6 Å². The zero-order valence-corrected chi connectivity index (χ0v) is 41.0. The Hall–Kier alpha value is -5.61. The fraction of sp³-hybridized carbons (Fsp3) is 0.321. The summed E-state index contributed by atoms with van der Waals surface area (Å²) in [4.78, 5) is 15.5. The summed E-state index contributed by atoms with van der Waals surface area (Å²) in [5.41, 5.74) is 8.72. The van der Waals surface area contributed by atoms with Crippen molar-refractivity contribution in [1.29, 1.82) is 0 Å². The number of aryl methyl sites for hydroxylation is 2. The molecule has 0 aliphatic carbocycles. The maximum Gasteiger partial charge on any atom is 0.494 e. The molecule has 0 amide bonds. The number of rotatable bonds is 12. The molecule has 3 heterocycles. The summed E-state index contributed by atoms with van der Waals surface area (Å²) < 4.78 is 64.1. The molecule has 2 atom stereocenters. The van der Waals surface area contributed by atoms with E-state index in [2.05, 4.69) is 47.8 Å². The molecule has 14 heteroatoms. The van der Waals surface area contributed by atoms with Crippen molar-refractivity contribution in [3.63, 3.8) is 0 Å². The number of sulfone groups is 1. The molecule has 0 bridgehead atoms. The molecular formula is C53H59BBrF2N5O4S. The predicted octanol–water partition coefficient (Wildman–Crippen LogP) is 12.9. The van der Waals surface area contributed by atoms with Gasteiger partial charge in [0, 0.05) is 46.5 Å². The van der Waals surface area contributed by atoms with Gasteiger partial charge in [-0.05, 0) is 151 Å². The first-order chi connectivity index (χ1) is 31.3. The molecule has 0 saturated carbocycles. The van der Waals surface area contributed by atoms with Crippen LogP contribution in [0.5, 0.6) is 0 Å². The highest BCUT2D eigenvalue weighted by Crippen LogP contribution is 2.37. The van der Waals surface area contributed by atoms with Crippen LogP contribution in [0.4, 0.5) is 20.2 Å². The first-order valence-corrected chi connectivity index (χ1v) is 24.2. The highest BCUT2D eigenvalue weighted by atomic mass is 79.9. The van der Waals surface area contributed by atoms with Gasteiger partial charge >= 0.3 is 7.12 Å². The highest BCUT2D eigenvalue weighted by Gasteiger charge is 2.51. The largest absolute Gasteiger partial charge is 0.494 e. The van der Waals surface area contributed by atoms with Crippen LogP contribution in [0.25, 0.3) is 20.8 Å². The molecule has 1 fully saturated rings. The van der Waals surface area contributed by atoms with Gasteiger partial charge in [-0.25, -0.2) is 26.9 Å². The van der Waals surface area contributed by atoms with Gasteiger partial charge in [0.05, 0.1) is 36.1 Å². The first kappa shape index (κ1) is 54.0. The van der Waals surface area contributed by atoms with Crippen LogP contribution in [-0.4, -0.2) is 54.8 Å². The summed E-state index contributed by atoms with van der Waals surface area (Å²) in [5.74, 6) is -1.07. The highest BCUT2D eigenvalue weighted by molar-refractivity contribution is 9.10. The van der Waals surface area contributed by atoms with E-state index in [1.54, 1.807) is 43.7 Å². The number of nitrogens with zero attached hydrogens (tertiary/aromatic N) is 4. The van der Waals surface area contributed by atoms with Crippen molar-refractivity contribution in [3.05, 3.63) is 194 Å². The van der Waals surface area contributed by atoms with E-state index in [-0.39, 0.29) is 54.9 Å². The Morgan fingerprint density at radius 3 is 1.76 bits per heavy atom. The van der Waals surface area contributed by atoms with Crippen LogP contribution < -0.4 is 10.8 Å². The Morgan fingerprint density at radius 2 is 1.24 bits per heavy atom. The topological polar surface area (TPSA) is 99.1 Å². The summed E-state index contributed by atoms with van der Waals surface area (Å²) in [7, 11) is -3.63. The quantitative estimate of drug-likeness (QED) is 0.0963. The number of nitrogens with one attached hydrogen (secondary N) is 1. The van der Waals surface area contributed by atoms with Gasteiger partial charge < -0.3 is 14.6 Å². The zero-order chi connectivity index (χ0) is 48.2. The van der Waals surface area contributed by atoms with Crippen molar-refractivity contribution in [2.75, 3.05) is 18.1 Å². The van der Waals surface area contributed by atoms with Crippen LogP contribution in [0.15, 0.2) is 126 Å². The fourth-order valence-electron chi connectivity index (χ4n) is 7.11. The van der Waals surface area contributed by atoms with Gasteiger partial charge in [-0.15, -0.1) is 0 Å². The molecule has 1 aliphatic heterocycles. The lowest BCUT2D eigenvalue weighted by Gasteiger charge is -2.32. The van der Waals surface area contributed by atoms with Crippen molar-refractivity contribution in [2.24, 2.45) is 0 Å². The van der Waals surface area contributed by atoms with Gasteiger partial charge in [0.2, 0.25) is 0 Å². The molecule has 7 rings (SSSR count). The van der Waals surface area contributed by atoms with E-state index in [0.29, 0.717) is 11.4 Å². The second kappa shape index (κ2) is 23.9. The average molecular weight is 991 g/mol. The van der Waals surface area contributed by atoms with Gasteiger partial charge in [-0.1, -0.05) is 81.9 Å². The number of hydrogen-bond donors (Lipinski definition) is 1. The molecule has 6 aromatic rings. The lowest BCUT2D eigenvalue weighted by molar-refractivity contribution is 0.00578. The standard InChI is InChI=1S/C23H21FN2O2S.C15H16BrFN2.C14H18BNO2.CH4/c1-4-29(27,28)15-22(17-5-8-21(24)9-6-17)20-12-19(13-26-14-20)18-7-10-23(25-3)16(2)11-18;1-2-7-19-15(11-3-5-14(17)6-4-11)12-8-13(16)10-18-9-12;1-10-9-11(7-8-12(10)16-6)15-17-13(2,3)14(4,5)18-15;/h5-14,22H,4,15H2,1-2H3;3-6,8-10,15,19H,2,7H2,1H3;7-9H,1-5H3;1H4. The number of hydrogen-bond acceptors (Lipinski definition) is 7. The normalized spacial score (nSPS) is 14.4. The molecule has 1 saturated heterocycles. The molecule has 0 radical (unpaired) electrons. The first-order valence-electron chi connectivity index (χ1n) is 21.6. The maximum atomic E-state index is 13.4. The Morgan fingerprint density at radius 1 is 0.701 bits per heavy atom. The molecular weight excluding hydrogens is 931 g/mol. The van der Waals surface area contributed by atoms with Crippen LogP contribution in [0.2, 0.25) is 0 Å². The SMILES string of the molecule is C.CCCNC(c1ccc(F)cc1)c1cncc(Br)c1.[C-]#[N+]c1ccc(-c2cncc(C(CS(=O)(=O)CC)c3ccc(F)cc3)c2)cc1C.[C-]#[N+]c1ccc(B2OC(C)(C)C(C)(C)O2)cc1C. The van der Waals surface area contributed by atoms with E-state index >= 15 is 0 Å². The Balaban J connectivity index is 0.000000227. The molecule has 2 unspecified atom stereocenters. The summed E-state index contributed by atoms with van der Waals surface area (Å²) in [6.45, 7) is 30.8. The fourth-order valence-corrected chi connectivity index (χ4v) is 8.62. The lowest BCUT2D eigenvalue weighted by atomic mass is 9.78.